The summed E-state index contributed by atoms with van der Waals surface area (Å²) in [6, 6.07) is 3.23. The highest BCUT2D eigenvalue weighted by Crippen LogP contribution is 2.35. The topological polar surface area (TPSA) is 90.2 Å². The molecule has 1 aromatic rings. The minimum Gasteiger partial charge on any atom is -0.483 e. The summed E-state index contributed by atoms with van der Waals surface area (Å²) in [4.78, 5) is 10.4. The number of piperidine rings is 1. The number of hydrogen-bond donors (Lipinski definition) is 3. The number of halogens is 2. The number of carboxylic acid groups (broad SMARTS) is 1. The molecule has 26 heavy (non-hydrogen) atoms. The number of aryl methyl sites for hydroxylation is 1. The Labute approximate surface area is 151 Å². The van der Waals surface area contributed by atoms with E-state index in [1.165, 1.54) is 0 Å². The first-order valence-electron chi connectivity index (χ1n) is 8.55. The van der Waals surface area contributed by atoms with Crippen molar-refractivity contribution in [2.75, 3.05) is 19.7 Å². The fourth-order valence-corrected chi connectivity index (χ4v) is 3.47. The van der Waals surface area contributed by atoms with E-state index in [1.54, 1.807) is 19.1 Å². The largest absolute Gasteiger partial charge is 0.483 e. The van der Waals surface area contributed by atoms with Crippen LogP contribution in [0.2, 0.25) is 0 Å². The summed E-state index contributed by atoms with van der Waals surface area (Å²) in [7, 11) is 0. The number of ether oxygens (including phenoxy) is 1. The second-order valence-electron chi connectivity index (χ2n) is 6.88. The number of hydrogen-bond acceptors (Lipinski definition) is 5. The maximum Gasteiger partial charge on any atom is 0.290 e. The van der Waals surface area contributed by atoms with Crippen molar-refractivity contribution in [2.24, 2.45) is 0 Å². The van der Waals surface area contributed by atoms with E-state index in [0.717, 1.165) is 0 Å². The Morgan fingerprint density at radius 2 is 1.85 bits per heavy atom. The van der Waals surface area contributed by atoms with Crippen LogP contribution in [0.4, 0.5) is 8.78 Å². The highest BCUT2D eigenvalue weighted by Gasteiger charge is 2.42. The predicted octanol–water partition coefficient (Wildman–Crippen LogP) is 1.45. The van der Waals surface area contributed by atoms with E-state index in [4.69, 9.17) is 14.6 Å². The highest BCUT2D eigenvalue weighted by atomic mass is 19.2. The SMILES string of the molecule is Cc1ccc(CN2CCC3(CC2)C[C@@H](O)[C@@H](O)CO3)c(F)c1F.O=CO. The van der Waals surface area contributed by atoms with E-state index in [0.29, 0.717) is 50.0 Å². The molecule has 2 saturated heterocycles. The van der Waals surface area contributed by atoms with Gasteiger partial charge in [-0.2, -0.15) is 0 Å². The normalized spacial score (nSPS) is 25.4. The molecule has 1 aromatic carbocycles. The van der Waals surface area contributed by atoms with E-state index in [9.17, 15) is 19.0 Å². The number of likely N-dealkylation sites (tertiary alicyclic amines) is 1. The summed E-state index contributed by atoms with van der Waals surface area (Å²) in [5.74, 6) is -1.54. The molecule has 2 heterocycles. The van der Waals surface area contributed by atoms with Crippen LogP contribution in [-0.4, -0.2) is 64.2 Å². The zero-order valence-corrected chi connectivity index (χ0v) is 14.7. The standard InChI is InChI=1S/C17H23F2NO3.CH2O2/c1-11-2-3-12(16(19)15(11)18)9-20-6-4-17(5-7-20)8-13(21)14(22)10-23-17;2-1-3/h2-3,13-14,21-22H,4-10H2,1H3;1H,(H,2,3)/t13-,14+;/m1./s1. The van der Waals surface area contributed by atoms with Crippen molar-refractivity contribution < 1.29 is 33.6 Å². The second-order valence-corrected chi connectivity index (χ2v) is 6.88. The Morgan fingerprint density at radius 1 is 1.23 bits per heavy atom. The molecule has 0 bridgehead atoms. The molecule has 2 aliphatic rings. The molecule has 0 saturated carbocycles. The molecule has 2 aliphatic heterocycles. The number of aliphatic hydroxyl groups excluding tert-OH is 2. The molecule has 0 aromatic heterocycles. The Balaban J connectivity index is 0.000000758. The number of aliphatic hydroxyl groups is 2. The lowest BCUT2D eigenvalue weighted by Crippen LogP contribution is -2.54. The molecule has 146 valence electrons. The Hall–Kier alpha value is -1.61. The molecule has 0 unspecified atom stereocenters. The second kappa shape index (κ2) is 8.85. The minimum absolute atomic E-state index is 0.152. The van der Waals surface area contributed by atoms with Gasteiger partial charge in [-0.1, -0.05) is 12.1 Å². The van der Waals surface area contributed by atoms with Gasteiger partial charge < -0.3 is 20.1 Å². The van der Waals surface area contributed by atoms with E-state index < -0.39 is 29.4 Å². The predicted molar refractivity (Wildman–Crippen MR) is 89.6 cm³/mol. The van der Waals surface area contributed by atoms with Crippen LogP contribution >= 0.6 is 0 Å². The maximum absolute atomic E-state index is 14.0. The third-order valence-electron chi connectivity index (χ3n) is 5.10. The van der Waals surface area contributed by atoms with Gasteiger partial charge in [0.25, 0.3) is 6.47 Å². The lowest BCUT2D eigenvalue weighted by Gasteiger charge is -2.46. The van der Waals surface area contributed by atoms with Gasteiger partial charge in [-0.25, -0.2) is 8.78 Å². The van der Waals surface area contributed by atoms with E-state index in [2.05, 4.69) is 4.90 Å². The molecule has 0 amide bonds. The van der Waals surface area contributed by atoms with E-state index in [-0.39, 0.29) is 13.1 Å². The zero-order chi connectivity index (χ0) is 19.3. The number of rotatable bonds is 2. The molecule has 2 atom stereocenters. The quantitative estimate of drug-likeness (QED) is 0.680. The molecule has 0 radical (unpaired) electrons. The first kappa shape index (κ1) is 20.7. The summed E-state index contributed by atoms with van der Waals surface area (Å²) in [5, 5.41) is 26.3. The van der Waals surface area contributed by atoms with Crippen LogP contribution in [0.1, 0.15) is 30.4 Å². The van der Waals surface area contributed by atoms with Gasteiger partial charge in [-0.05, 0) is 25.3 Å². The monoisotopic (exact) mass is 373 g/mol. The van der Waals surface area contributed by atoms with E-state index in [1.807, 2.05) is 0 Å². The van der Waals surface area contributed by atoms with Crippen LogP contribution in [0.3, 0.4) is 0 Å². The van der Waals surface area contributed by atoms with Crippen LogP contribution in [0.25, 0.3) is 0 Å². The molecule has 6 nitrogen and oxygen atoms in total. The van der Waals surface area contributed by atoms with Gasteiger partial charge in [0.05, 0.1) is 18.3 Å². The van der Waals surface area contributed by atoms with Crippen molar-refractivity contribution >= 4 is 6.47 Å². The maximum atomic E-state index is 14.0. The van der Waals surface area contributed by atoms with Crippen molar-refractivity contribution in [1.29, 1.82) is 0 Å². The fraction of sp³-hybridized carbons (Fsp3) is 0.611. The van der Waals surface area contributed by atoms with Gasteiger partial charge in [-0.15, -0.1) is 0 Å². The molecule has 3 rings (SSSR count). The van der Waals surface area contributed by atoms with Crippen molar-refractivity contribution in [2.45, 2.75) is 50.5 Å². The smallest absolute Gasteiger partial charge is 0.290 e. The van der Waals surface area contributed by atoms with Crippen LogP contribution in [0, 0.1) is 18.6 Å². The molecule has 3 N–H and O–H groups in total. The third-order valence-corrected chi connectivity index (χ3v) is 5.10. The van der Waals surface area contributed by atoms with Gasteiger partial charge in [-0.3, -0.25) is 9.69 Å². The van der Waals surface area contributed by atoms with Crippen molar-refractivity contribution in [3.8, 4) is 0 Å². The Bertz CT molecular complexity index is 620. The van der Waals surface area contributed by atoms with Gasteiger partial charge in [0, 0.05) is 31.6 Å². The van der Waals surface area contributed by atoms with Gasteiger partial charge in [0.2, 0.25) is 0 Å². The molecule has 0 aliphatic carbocycles. The van der Waals surface area contributed by atoms with Crippen LogP contribution < -0.4 is 0 Å². The lowest BCUT2D eigenvalue weighted by molar-refractivity contribution is -0.188. The summed E-state index contributed by atoms with van der Waals surface area (Å²) in [6.45, 7) is 3.20. The fourth-order valence-electron chi connectivity index (χ4n) is 3.47. The summed E-state index contributed by atoms with van der Waals surface area (Å²) in [6.07, 6.45) is 0.289. The molecular formula is C18H25F2NO5. The van der Waals surface area contributed by atoms with Crippen LogP contribution in [0.15, 0.2) is 12.1 Å². The molecule has 1 spiro atoms. The summed E-state index contributed by atoms with van der Waals surface area (Å²) >= 11 is 0. The first-order valence-corrected chi connectivity index (χ1v) is 8.55. The number of carbonyl (C=O) groups is 1. The van der Waals surface area contributed by atoms with Crippen LogP contribution in [0.5, 0.6) is 0 Å². The van der Waals surface area contributed by atoms with Gasteiger partial charge >= 0.3 is 0 Å². The lowest BCUT2D eigenvalue weighted by atomic mass is 9.82. The highest BCUT2D eigenvalue weighted by molar-refractivity contribution is 5.32. The molecular weight excluding hydrogens is 348 g/mol. The molecule has 8 heteroatoms. The first-order chi connectivity index (χ1) is 12.3. The number of nitrogens with zero attached hydrogens (tertiary/aromatic N) is 1. The Morgan fingerprint density at radius 3 is 2.42 bits per heavy atom. The van der Waals surface area contributed by atoms with Gasteiger partial charge in [0.15, 0.2) is 11.6 Å². The Kier molecular flexibility index (Phi) is 7.05. The van der Waals surface area contributed by atoms with Gasteiger partial charge in [0.1, 0.15) is 6.10 Å². The van der Waals surface area contributed by atoms with Crippen molar-refractivity contribution in [3.05, 3.63) is 34.9 Å². The average Bonchev–Trinajstić information content (AvgIpc) is 2.62. The van der Waals surface area contributed by atoms with Crippen molar-refractivity contribution in [3.63, 3.8) is 0 Å². The number of benzene rings is 1. The van der Waals surface area contributed by atoms with E-state index >= 15 is 0 Å². The third kappa shape index (κ3) is 4.76. The molecule has 2 fully saturated rings. The average molecular weight is 373 g/mol. The van der Waals surface area contributed by atoms with Crippen molar-refractivity contribution in [1.82, 2.24) is 4.90 Å². The summed E-state index contributed by atoms with van der Waals surface area (Å²) < 4.78 is 33.4. The minimum atomic E-state index is -0.816. The summed E-state index contributed by atoms with van der Waals surface area (Å²) in [5.41, 5.74) is 0.280. The van der Waals surface area contributed by atoms with Crippen LogP contribution in [-0.2, 0) is 16.1 Å². The zero-order valence-electron chi connectivity index (χ0n) is 14.7.